The van der Waals surface area contributed by atoms with E-state index in [1.807, 2.05) is 0 Å². The van der Waals surface area contributed by atoms with Gasteiger partial charge in [-0.2, -0.15) is 0 Å². The first-order valence-corrected chi connectivity index (χ1v) is 5.68. The van der Waals surface area contributed by atoms with Gasteiger partial charge in [0.05, 0.1) is 4.92 Å². The molecule has 7 nitrogen and oxygen atoms in total. The molecule has 1 rings (SSSR count). The molecular formula is C12H16N2O5. The van der Waals surface area contributed by atoms with Gasteiger partial charge in [-0.3, -0.25) is 14.9 Å². The lowest BCUT2D eigenvalue weighted by atomic mass is 9.99. The van der Waals surface area contributed by atoms with Crippen LogP contribution in [0.2, 0.25) is 0 Å². The van der Waals surface area contributed by atoms with Crippen molar-refractivity contribution in [2.45, 2.75) is 26.1 Å². The van der Waals surface area contributed by atoms with Crippen LogP contribution in [0.25, 0.3) is 0 Å². The van der Waals surface area contributed by atoms with Gasteiger partial charge in [-0.15, -0.1) is 0 Å². The monoisotopic (exact) mass is 268 g/mol. The molecule has 0 aliphatic rings. The van der Waals surface area contributed by atoms with Crippen molar-refractivity contribution >= 4 is 11.6 Å². The van der Waals surface area contributed by atoms with E-state index in [4.69, 9.17) is 0 Å². The van der Waals surface area contributed by atoms with Crippen LogP contribution in [0.1, 0.15) is 24.2 Å². The molecule has 0 spiro atoms. The van der Waals surface area contributed by atoms with Crippen molar-refractivity contribution in [3.8, 4) is 0 Å². The molecule has 2 atom stereocenters. The molecular weight excluding hydrogens is 252 g/mol. The summed E-state index contributed by atoms with van der Waals surface area (Å²) in [6.07, 6.45) is -2.39. The van der Waals surface area contributed by atoms with Crippen LogP contribution in [0.5, 0.6) is 0 Å². The van der Waals surface area contributed by atoms with Crippen molar-refractivity contribution in [3.63, 3.8) is 0 Å². The van der Waals surface area contributed by atoms with Gasteiger partial charge in [-0.05, 0) is 24.1 Å². The standard InChI is InChI=1S/C12H16N2O5/c1-7-5-9(14(18)19)3-4-10(7)12(17)11(16)6-13-8(2)15/h3-5,11-12,16-17H,6H2,1-2H3,(H,13,15). The summed E-state index contributed by atoms with van der Waals surface area (Å²) in [5, 5.41) is 32.6. The first-order valence-electron chi connectivity index (χ1n) is 5.68. The minimum atomic E-state index is -1.22. The second kappa shape index (κ2) is 6.26. The fourth-order valence-electron chi connectivity index (χ4n) is 1.67. The Morgan fingerprint density at radius 3 is 2.58 bits per heavy atom. The number of nitro groups is 1. The van der Waals surface area contributed by atoms with Crippen molar-refractivity contribution in [1.82, 2.24) is 5.32 Å². The summed E-state index contributed by atoms with van der Waals surface area (Å²) in [7, 11) is 0. The van der Waals surface area contributed by atoms with Crippen LogP contribution < -0.4 is 5.32 Å². The summed E-state index contributed by atoms with van der Waals surface area (Å²) in [6.45, 7) is 2.82. The summed E-state index contributed by atoms with van der Waals surface area (Å²) in [4.78, 5) is 20.8. The number of amides is 1. The van der Waals surface area contributed by atoms with E-state index in [9.17, 15) is 25.1 Å². The minimum absolute atomic E-state index is 0.0789. The van der Waals surface area contributed by atoms with Crippen molar-refractivity contribution in [2.75, 3.05) is 6.54 Å². The van der Waals surface area contributed by atoms with E-state index < -0.39 is 17.1 Å². The molecule has 0 bridgehead atoms. The van der Waals surface area contributed by atoms with E-state index in [2.05, 4.69) is 5.32 Å². The Morgan fingerprint density at radius 2 is 2.11 bits per heavy atom. The number of carbonyl (C=O) groups excluding carboxylic acids is 1. The SMILES string of the molecule is CC(=O)NCC(O)C(O)c1ccc([N+](=O)[O-])cc1C. The average Bonchev–Trinajstić information content (AvgIpc) is 2.34. The molecule has 7 heteroatoms. The van der Waals surface area contributed by atoms with E-state index in [0.717, 1.165) is 0 Å². The van der Waals surface area contributed by atoms with E-state index >= 15 is 0 Å². The predicted molar refractivity (Wildman–Crippen MR) is 67.5 cm³/mol. The Kier molecular flexibility index (Phi) is 4.96. The summed E-state index contributed by atoms with van der Waals surface area (Å²) in [5.41, 5.74) is 0.817. The number of benzene rings is 1. The topological polar surface area (TPSA) is 113 Å². The zero-order valence-corrected chi connectivity index (χ0v) is 10.7. The maximum atomic E-state index is 10.7. The number of aliphatic hydroxyl groups excluding tert-OH is 2. The summed E-state index contributed by atoms with van der Waals surface area (Å²) < 4.78 is 0. The van der Waals surface area contributed by atoms with Crippen molar-refractivity contribution in [2.24, 2.45) is 0 Å². The van der Waals surface area contributed by atoms with Crippen molar-refractivity contribution < 1.29 is 19.9 Å². The van der Waals surface area contributed by atoms with Gasteiger partial charge in [-0.25, -0.2) is 0 Å². The van der Waals surface area contributed by atoms with Gasteiger partial charge in [0.1, 0.15) is 12.2 Å². The maximum Gasteiger partial charge on any atom is 0.269 e. The van der Waals surface area contributed by atoms with Crippen LogP contribution in [0.15, 0.2) is 18.2 Å². The number of hydrogen-bond acceptors (Lipinski definition) is 5. The number of rotatable bonds is 5. The molecule has 1 aromatic carbocycles. The van der Waals surface area contributed by atoms with Crippen molar-refractivity contribution in [1.29, 1.82) is 0 Å². The lowest BCUT2D eigenvalue weighted by Crippen LogP contribution is -2.34. The number of carbonyl (C=O) groups is 1. The zero-order valence-electron chi connectivity index (χ0n) is 10.7. The molecule has 104 valence electrons. The summed E-state index contributed by atoms with van der Waals surface area (Å²) in [6, 6.07) is 3.98. The highest BCUT2D eigenvalue weighted by molar-refractivity contribution is 5.72. The molecule has 19 heavy (non-hydrogen) atoms. The van der Waals surface area contributed by atoms with Gasteiger partial charge in [0.25, 0.3) is 5.69 Å². The van der Waals surface area contributed by atoms with Gasteiger partial charge < -0.3 is 15.5 Å². The number of hydrogen-bond donors (Lipinski definition) is 3. The number of aliphatic hydroxyl groups is 2. The second-order valence-electron chi connectivity index (χ2n) is 4.25. The molecule has 0 aliphatic carbocycles. The highest BCUT2D eigenvalue weighted by atomic mass is 16.6. The Balaban J connectivity index is 2.84. The number of nitro benzene ring substituents is 1. The number of nitrogens with zero attached hydrogens (tertiary/aromatic N) is 1. The van der Waals surface area contributed by atoms with Gasteiger partial charge in [0.2, 0.25) is 5.91 Å². The lowest BCUT2D eigenvalue weighted by molar-refractivity contribution is -0.384. The van der Waals surface area contributed by atoms with Gasteiger partial charge in [0.15, 0.2) is 0 Å². The Morgan fingerprint density at radius 1 is 1.47 bits per heavy atom. The molecule has 0 aliphatic heterocycles. The van der Waals surface area contributed by atoms with Crippen LogP contribution in [0, 0.1) is 17.0 Å². The highest BCUT2D eigenvalue weighted by Gasteiger charge is 2.21. The molecule has 1 aromatic rings. The average molecular weight is 268 g/mol. The van der Waals surface area contributed by atoms with Gasteiger partial charge in [0, 0.05) is 25.6 Å². The molecule has 0 saturated carbocycles. The zero-order chi connectivity index (χ0) is 14.6. The van der Waals surface area contributed by atoms with Crippen LogP contribution >= 0.6 is 0 Å². The third-order valence-electron chi connectivity index (χ3n) is 2.71. The van der Waals surface area contributed by atoms with Crippen molar-refractivity contribution in [3.05, 3.63) is 39.4 Å². The van der Waals surface area contributed by atoms with Crippen LogP contribution in [0.4, 0.5) is 5.69 Å². The molecule has 0 aromatic heterocycles. The first-order chi connectivity index (χ1) is 8.82. The summed E-state index contributed by atoms with van der Waals surface area (Å²) in [5.74, 6) is -0.313. The van der Waals surface area contributed by atoms with Gasteiger partial charge >= 0.3 is 0 Å². The van der Waals surface area contributed by atoms with E-state index in [0.29, 0.717) is 11.1 Å². The number of aryl methyl sites for hydroxylation is 1. The van der Waals surface area contributed by atoms with E-state index in [1.165, 1.54) is 25.1 Å². The largest absolute Gasteiger partial charge is 0.388 e. The molecule has 0 heterocycles. The Hall–Kier alpha value is -1.99. The van der Waals surface area contributed by atoms with Crippen LogP contribution in [0.3, 0.4) is 0 Å². The third kappa shape index (κ3) is 4.01. The second-order valence-corrected chi connectivity index (χ2v) is 4.25. The molecule has 3 N–H and O–H groups in total. The number of nitrogens with one attached hydrogen (secondary N) is 1. The minimum Gasteiger partial charge on any atom is -0.388 e. The third-order valence-corrected chi connectivity index (χ3v) is 2.71. The molecule has 0 fully saturated rings. The fourth-order valence-corrected chi connectivity index (χ4v) is 1.67. The van der Waals surface area contributed by atoms with E-state index in [-0.39, 0.29) is 18.1 Å². The number of non-ortho nitro benzene ring substituents is 1. The lowest BCUT2D eigenvalue weighted by Gasteiger charge is -2.19. The molecule has 2 unspecified atom stereocenters. The Labute approximate surface area is 110 Å². The fraction of sp³-hybridized carbons (Fsp3) is 0.417. The smallest absolute Gasteiger partial charge is 0.269 e. The highest BCUT2D eigenvalue weighted by Crippen LogP contribution is 2.24. The molecule has 0 saturated heterocycles. The first kappa shape index (κ1) is 15.1. The predicted octanol–water partition coefficient (Wildman–Crippen LogP) is 0.434. The summed E-state index contributed by atoms with van der Waals surface area (Å²) >= 11 is 0. The Bertz CT molecular complexity index is 489. The normalized spacial score (nSPS) is 13.7. The van der Waals surface area contributed by atoms with E-state index in [1.54, 1.807) is 6.92 Å². The maximum absolute atomic E-state index is 10.7. The molecule has 0 radical (unpaired) electrons. The quantitative estimate of drug-likeness (QED) is 0.529. The van der Waals surface area contributed by atoms with Gasteiger partial charge in [-0.1, -0.05) is 0 Å². The van der Waals surface area contributed by atoms with Crippen LogP contribution in [-0.4, -0.2) is 33.7 Å². The van der Waals surface area contributed by atoms with Crippen LogP contribution in [-0.2, 0) is 4.79 Å². The molecule has 1 amide bonds.